The molecule has 0 aliphatic carbocycles. The van der Waals surface area contributed by atoms with Crippen molar-refractivity contribution in [2.75, 3.05) is 24.0 Å². The largest absolute Gasteiger partial charge is 0.491 e. The molecule has 13 heteroatoms. The first-order chi connectivity index (χ1) is 17.4. The number of nitrogens with zero attached hydrogens (tertiary/aromatic N) is 4. The van der Waals surface area contributed by atoms with Crippen molar-refractivity contribution in [3.05, 3.63) is 53.6 Å². The molecule has 0 aliphatic heterocycles. The number of primary amides is 1. The van der Waals surface area contributed by atoms with E-state index in [0.29, 0.717) is 23.2 Å². The molecule has 0 aliphatic rings. The number of aryl methyl sites for hydroxylation is 2. The number of sulfonamides is 1. The fraction of sp³-hybridized carbons (Fsp3) is 0.333. The lowest BCUT2D eigenvalue weighted by molar-refractivity contribution is 0.0995. The van der Waals surface area contributed by atoms with Gasteiger partial charge in [-0.3, -0.25) is 9.63 Å². The topological polar surface area (TPSA) is 162 Å². The summed E-state index contributed by atoms with van der Waals surface area (Å²) in [6.45, 7) is 9.14. The molecule has 3 aromatic rings. The Kier molecular flexibility index (Phi) is 8.63. The molecule has 2 heterocycles. The number of hydrogen-bond acceptors (Lipinski definition) is 10. The maximum atomic E-state index is 13.0. The third kappa shape index (κ3) is 6.70. The van der Waals surface area contributed by atoms with Crippen LogP contribution in [-0.2, 0) is 14.9 Å². The number of benzene rings is 1. The first-order valence-electron chi connectivity index (χ1n) is 11.5. The molecule has 0 fully saturated rings. The van der Waals surface area contributed by atoms with E-state index in [1.54, 1.807) is 26.0 Å². The summed E-state index contributed by atoms with van der Waals surface area (Å²) < 4.78 is 34.0. The summed E-state index contributed by atoms with van der Waals surface area (Å²) in [5.41, 5.74) is 6.74. The van der Waals surface area contributed by atoms with Crippen molar-refractivity contribution >= 4 is 38.9 Å². The van der Waals surface area contributed by atoms with Crippen LogP contribution in [-0.4, -0.2) is 49.0 Å². The smallest absolute Gasteiger partial charge is 0.252 e. The quantitative estimate of drug-likeness (QED) is 0.315. The van der Waals surface area contributed by atoms with Crippen LogP contribution in [0.15, 0.2) is 41.4 Å². The number of amides is 1. The van der Waals surface area contributed by atoms with Crippen LogP contribution in [0.4, 0.5) is 23.0 Å². The molecule has 0 bridgehead atoms. The highest BCUT2D eigenvalue weighted by Gasteiger charge is 2.27. The zero-order valence-electron chi connectivity index (χ0n) is 21.6. The number of nitrogens with two attached hydrogens (primary N) is 1. The summed E-state index contributed by atoms with van der Waals surface area (Å²) in [5, 5.41) is 4.32. The lowest BCUT2D eigenvalue weighted by atomic mass is 10.2. The number of nitrogens with one attached hydrogen (secondary N) is 2. The van der Waals surface area contributed by atoms with Crippen molar-refractivity contribution in [3.8, 4) is 5.75 Å². The molecule has 4 N–H and O–H groups in total. The Hall–Kier alpha value is -3.81. The molecular weight excluding hydrogens is 498 g/mol. The van der Waals surface area contributed by atoms with Gasteiger partial charge in [-0.2, -0.15) is 0 Å². The minimum Gasteiger partial charge on any atom is -0.491 e. The first kappa shape index (κ1) is 27.8. The molecule has 2 aromatic heterocycles. The lowest BCUT2D eigenvalue weighted by Crippen LogP contribution is -2.27. The highest BCUT2D eigenvalue weighted by atomic mass is 32.2. The molecule has 12 nitrogen and oxygen atoms in total. The van der Waals surface area contributed by atoms with Crippen LogP contribution in [0.1, 0.15) is 42.6 Å². The summed E-state index contributed by atoms with van der Waals surface area (Å²) in [4.78, 5) is 31.0. The molecule has 0 radical (unpaired) electrons. The highest BCUT2D eigenvalue weighted by molar-refractivity contribution is 7.89. The zero-order chi connectivity index (χ0) is 27.3. The summed E-state index contributed by atoms with van der Waals surface area (Å²) in [6.07, 6.45) is 1.11. The number of rotatable bonds is 11. The number of anilines is 4. The Bertz CT molecular complexity index is 1380. The van der Waals surface area contributed by atoms with E-state index >= 15 is 0 Å². The SMILES string of the molecule is CCON(c1cc(Nc2cc(C)nc(C)n2)ncc1C(N)=O)c1ccc(OC(C)C)cc1S(=O)(=O)NC. The monoisotopic (exact) mass is 529 g/mol. The molecule has 198 valence electrons. The Morgan fingerprint density at radius 2 is 1.84 bits per heavy atom. The number of carbonyl (C=O) groups is 1. The Morgan fingerprint density at radius 3 is 2.43 bits per heavy atom. The molecular formula is C24H31N7O5S. The van der Waals surface area contributed by atoms with Crippen LogP contribution in [0, 0.1) is 13.8 Å². The van der Waals surface area contributed by atoms with Gasteiger partial charge in [-0.1, -0.05) is 0 Å². The number of ether oxygens (including phenoxy) is 1. The second kappa shape index (κ2) is 11.5. The molecule has 0 saturated carbocycles. The van der Waals surface area contributed by atoms with Gasteiger partial charge in [0, 0.05) is 30.1 Å². The normalized spacial score (nSPS) is 11.4. The highest BCUT2D eigenvalue weighted by Crippen LogP contribution is 2.37. The van der Waals surface area contributed by atoms with Crippen LogP contribution in [0.5, 0.6) is 5.75 Å². The average molecular weight is 530 g/mol. The molecule has 0 spiro atoms. The minimum atomic E-state index is -3.98. The van der Waals surface area contributed by atoms with Crippen molar-refractivity contribution < 1.29 is 22.8 Å². The van der Waals surface area contributed by atoms with E-state index in [4.69, 9.17) is 15.3 Å². The van der Waals surface area contributed by atoms with E-state index in [0.717, 1.165) is 5.69 Å². The van der Waals surface area contributed by atoms with E-state index in [-0.39, 0.29) is 34.5 Å². The van der Waals surface area contributed by atoms with Crippen molar-refractivity contribution in [2.45, 2.75) is 45.6 Å². The van der Waals surface area contributed by atoms with Crippen LogP contribution in [0.25, 0.3) is 0 Å². The van der Waals surface area contributed by atoms with Crippen LogP contribution >= 0.6 is 0 Å². The third-order valence-corrected chi connectivity index (χ3v) is 6.37. The molecule has 0 atom stereocenters. The van der Waals surface area contributed by atoms with Gasteiger partial charge in [0.2, 0.25) is 10.0 Å². The Morgan fingerprint density at radius 1 is 1.11 bits per heavy atom. The van der Waals surface area contributed by atoms with Crippen molar-refractivity contribution in [1.82, 2.24) is 19.7 Å². The second-order valence-corrected chi connectivity index (χ2v) is 10.1. The zero-order valence-corrected chi connectivity index (χ0v) is 22.4. The van der Waals surface area contributed by atoms with E-state index in [9.17, 15) is 13.2 Å². The van der Waals surface area contributed by atoms with Gasteiger partial charge in [0.25, 0.3) is 5.91 Å². The molecule has 1 aromatic carbocycles. The maximum Gasteiger partial charge on any atom is 0.252 e. The van der Waals surface area contributed by atoms with Crippen molar-refractivity contribution in [3.63, 3.8) is 0 Å². The van der Waals surface area contributed by atoms with Crippen molar-refractivity contribution in [1.29, 1.82) is 0 Å². The van der Waals surface area contributed by atoms with E-state index < -0.39 is 15.9 Å². The van der Waals surface area contributed by atoms with Gasteiger partial charge in [-0.15, -0.1) is 0 Å². The standard InChI is InChI=1S/C24H31N7O5S/c1-7-35-31(19-9-8-17(36-14(2)3)11-21(19)37(33,34)26-6)20-12-22(27-13-18(20)24(25)32)30-23-10-15(4)28-16(5)29-23/h8-14,26H,7H2,1-6H3,(H2,25,32)(H,27,28,29,30). The first-order valence-corrected chi connectivity index (χ1v) is 13.0. The van der Waals surface area contributed by atoms with Crippen LogP contribution in [0.2, 0.25) is 0 Å². The van der Waals surface area contributed by atoms with Gasteiger partial charge in [-0.25, -0.2) is 33.2 Å². The van der Waals surface area contributed by atoms with E-state index in [2.05, 4.69) is 25.0 Å². The number of carbonyl (C=O) groups excluding carboxylic acids is 1. The minimum absolute atomic E-state index is 0.0179. The number of pyridine rings is 1. The van der Waals surface area contributed by atoms with Crippen LogP contribution in [0.3, 0.4) is 0 Å². The predicted molar refractivity (Wildman–Crippen MR) is 140 cm³/mol. The van der Waals surface area contributed by atoms with Gasteiger partial charge in [0.05, 0.1) is 29.6 Å². The second-order valence-electron chi connectivity index (χ2n) is 8.23. The van der Waals surface area contributed by atoms with Gasteiger partial charge in [0.15, 0.2) is 0 Å². The summed E-state index contributed by atoms with van der Waals surface area (Å²) in [6, 6.07) is 7.81. The third-order valence-electron chi connectivity index (χ3n) is 4.93. The Balaban J connectivity index is 2.20. The Labute approximate surface area is 216 Å². The summed E-state index contributed by atoms with van der Waals surface area (Å²) in [7, 11) is -2.68. The molecule has 0 saturated heterocycles. The molecule has 3 rings (SSSR count). The fourth-order valence-corrected chi connectivity index (χ4v) is 4.43. The van der Waals surface area contributed by atoms with Gasteiger partial charge >= 0.3 is 0 Å². The number of hydrogen-bond donors (Lipinski definition) is 3. The molecule has 37 heavy (non-hydrogen) atoms. The summed E-state index contributed by atoms with van der Waals surface area (Å²) in [5.74, 6) is 0.959. The molecule has 1 amide bonds. The van der Waals surface area contributed by atoms with Gasteiger partial charge in [0.1, 0.15) is 28.1 Å². The maximum absolute atomic E-state index is 13.0. The fourth-order valence-electron chi connectivity index (χ4n) is 3.51. The van der Waals surface area contributed by atoms with Crippen molar-refractivity contribution in [2.24, 2.45) is 5.73 Å². The number of aromatic nitrogens is 3. The van der Waals surface area contributed by atoms with Gasteiger partial charge in [-0.05, 0) is 53.8 Å². The molecule has 0 unspecified atom stereocenters. The summed E-state index contributed by atoms with van der Waals surface area (Å²) >= 11 is 0. The van der Waals surface area contributed by atoms with Crippen LogP contribution < -0.4 is 25.6 Å². The van der Waals surface area contributed by atoms with Gasteiger partial charge < -0.3 is 15.8 Å². The van der Waals surface area contributed by atoms with E-state index in [1.165, 1.54) is 36.5 Å². The average Bonchev–Trinajstić information content (AvgIpc) is 2.81. The predicted octanol–water partition coefficient (Wildman–Crippen LogP) is 3.12. The van der Waals surface area contributed by atoms with E-state index in [1.807, 2.05) is 20.8 Å². The lowest BCUT2D eigenvalue weighted by Gasteiger charge is -2.27.